The molecule has 1 rings (SSSR count). The average molecular weight is 695 g/mol. The van der Waals surface area contributed by atoms with Gasteiger partial charge >= 0.3 is 0 Å². The Morgan fingerprint density at radius 3 is 1.59 bits per heavy atom. The van der Waals surface area contributed by atoms with Gasteiger partial charge in [0.15, 0.2) is 0 Å². The summed E-state index contributed by atoms with van der Waals surface area (Å²) in [6, 6.07) is 5.85. The fourth-order valence-electron chi connectivity index (χ4n) is 3.87. The number of hydrogen-bond donors (Lipinski definition) is 4. The Balaban J connectivity index is 3.09. The number of carbonyl (C=O) groups excluding carboxylic acids is 3. The van der Waals surface area contributed by atoms with Crippen LogP contribution in [0.2, 0.25) is 0 Å². The number of carbonyl (C=O) groups is 3. The third-order valence-corrected chi connectivity index (χ3v) is 6.82. The van der Waals surface area contributed by atoms with E-state index in [4.69, 9.17) is 44.8 Å². The van der Waals surface area contributed by atoms with Crippen LogP contribution in [0.4, 0.5) is 0 Å². The van der Waals surface area contributed by atoms with Crippen LogP contribution in [0.1, 0.15) is 5.56 Å². The molecule has 0 spiro atoms. The van der Waals surface area contributed by atoms with Crippen molar-refractivity contribution in [2.24, 2.45) is 0 Å². The first-order valence-corrected chi connectivity index (χ1v) is 18.1. The molecule has 0 bridgehead atoms. The van der Waals surface area contributed by atoms with E-state index >= 15 is 0 Å². The van der Waals surface area contributed by atoms with Gasteiger partial charge in [0.25, 0.3) is 0 Å². The van der Waals surface area contributed by atoms with Crippen molar-refractivity contribution in [1.82, 2.24) is 20.9 Å². The first-order valence-electron chi connectivity index (χ1n) is 14.9. The normalized spacial score (nSPS) is 13.2. The average Bonchev–Trinajstić information content (AvgIpc) is 3.00. The fourth-order valence-corrected chi connectivity index (χ4v) is 4.64. The molecule has 0 aliphatic heterocycles. The Labute approximate surface area is 277 Å². The van der Waals surface area contributed by atoms with Crippen LogP contribution in [0.5, 0.6) is 5.75 Å². The van der Waals surface area contributed by atoms with Crippen LogP contribution in [0, 0.1) is 0 Å². The van der Waals surface area contributed by atoms with E-state index in [2.05, 4.69) is 16.0 Å². The molecular weight excluding hydrogens is 643 g/mol. The smallest absolute Gasteiger partial charge is 0.237 e. The SMILES string of the molecule is COCCOCCNC(=O)CN(CC(=O)NCCOCCOC)C(Cc1ccc(OP(C)(O)=S)cc1)C(=O)NCCOCCOC. The zero-order chi connectivity index (χ0) is 34.0. The number of benzene rings is 1. The molecule has 0 aromatic heterocycles. The largest absolute Gasteiger partial charge is 0.444 e. The van der Waals surface area contributed by atoms with Gasteiger partial charge in [-0.3, -0.25) is 19.3 Å². The molecule has 0 fully saturated rings. The van der Waals surface area contributed by atoms with Crippen molar-refractivity contribution in [3.63, 3.8) is 0 Å². The second-order valence-corrected chi connectivity index (χ2v) is 13.8. The van der Waals surface area contributed by atoms with Crippen LogP contribution in [-0.4, -0.2) is 154 Å². The number of ether oxygens (including phenoxy) is 6. The molecule has 264 valence electrons. The van der Waals surface area contributed by atoms with Gasteiger partial charge in [-0.15, -0.1) is 0 Å². The van der Waals surface area contributed by atoms with Gasteiger partial charge in [-0.1, -0.05) is 12.1 Å². The van der Waals surface area contributed by atoms with E-state index in [1.54, 1.807) is 45.6 Å². The van der Waals surface area contributed by atoms with Crippen molar-refractivity contribution in [3.05, 3.63) is 29.8 Å². The summed E-state index contributed by atoms with van der Waals surface area (Å²) in [5.41, 5.74) is 0.732. The van der Waals surface area contributed by atoms with Crippen LogP contribution in [0.25, 0.3) is 0 Å². The minimum atomic E-state index is -2.93. The Morgan fingerprint density at radius 1 is 0.739 bits per heavy atom. The van der Waals surface area contributed by atoms with E-state index < -0.39 is 12.5 Å². The van der Waals surface area contributed by atoms with E-state index in [0.29, 0.717) is 45.4 Å². The molecule has 0 heterocycles. The molecule has 2 atom stereocenters. The highest BCUT2D eigenvalue weighted by molar-refractivity contribution is 8.09. The predicted octanol–water partition coefficient (Wildman–Crippen LogP) is -0.452. The molecule has 0 aliphatic rings. The third kappa shape index (κ3) is 21.5. The standard InChI is InChI=1S/C29H51N4O11PS/c1-38-15-18-41-12-9-30-27(34)22-33(23-28(35)31-10-13-42-19-16-39-2)26(29(36)32-11-14-43-20-17-40-3)21-24-5-7-25(8-6-24)44-45(4,37)46/h5-8,26H,9-23H2,1-4H3,(H,30,34)(H,31,35)(H,32,36)(H,37,46). The van der Waals surface area contributed by atoms with Crippen molar-refractivity contribution in [2.75, 3.05) is 120 Å². The van der Waals surface area contributed by atoms with Crippen molar-refractivity contribution in [3.8, 4) is 5.75 Å². The zero-order valence-corrected chi connectivity index (χ0v) is 29.0. The quantitative estimate of drug-likeness (QED) is 0.0657. The zero-order valence-electron chi connectivity index (χ0n) is 27.3. The molecule has 15 nitrogen and oxygen atoms in total. The van der Waals surface area contributed by atoms with E-state index in [1.165, 1.54) is 11.6 Å². The van der Waals surface area contributed by atoms with Gasteiger partial charge in [-0.25, -0.2) is 0 Å². The van der Waals surface area contributed by atoms with Crippen LogP contribution >= 0.6 is 6.49 Å². The Bertz CT molecular complexity index is 1000. The van der Waals surface area contributed by atoms with Crippen molar-refractivity contribution in [1.29, 1.82) is 0 Å². The van der Waals surface area contributed by atoms with Gasteiger partial charge in [-0.2, -0.15) is 0 Å². The molecular formula is C29H51N4O11PS. The first-order chi connectivity index (χ1) is 22.1. The number of methoxy groups -OCH3 is 3. The lowest BCUT2D eigenvalue weighted by Gasteiger charge is -2.30. The fraction of sp³-hybridized carbons (Fsp3) is 0.690. The molecule has 46 heavy (non-hydrogen) atoms. The van der Waals surface area contributed by atoms with Crippen molar-refractivity contribution >= 4 is 36.0 Å². The molecule has 0 radical (unpaired) electrons. The number of amides is 3. The lowest BCUT2D eigenvalue weighted by molar-refractivity contribution is -0.131. The highest BCUT2D eigenvalue weighted by atomic mass is 32.5. The summed E-state index contributed by atoms with van der Waals surface area (Å²) < 4.78 is 36.6. The Morgan fingerprint density at radius 2 is 1.17 bits per heavy atom. The lowest BCUT2D eigenvalue weighted by Crippen LogP contribution is -2.54. The van der Waals surface area contributed by atoms with E-state index in [9.17, 15) is 19.3 Å². The number of hydrogen-bond acceptors (Lipinski definition) is 12. The monoisotopic (exact) mass is 694 g/mol. The predicted molar refractivity (Wildman–Crippen MR) is 176 cm³/mol. The molecule has 1 aromatic carbocycles. The van der Waals surface area contributed by atoms with Gasteiger partial charge in [0.2, 0.25) is 24.2 Å². The summed E-state index contributed by atoms with van der Waals surface area (Å²) >= 11 is 4.97. The Hall–Kier alpha value is -2.24. The van der Waals surface area contributed by atoms with Crippen molar-refractivity contribution < 1.29 is 52.2 Å². The van der Waals surface area contributed by atoms with Gasteiger partial charge < -0.3 is 53.8 Å². The highest BCUT2D eigenvalue weighted by Crippen LogP contribution is 2.38. The molecule has 3 amide bonds. The van der Waals surface area contributed by atoms with E-state index in [-0.39, 0.29) is 76.7 Å². The van der Waals surface area contributed by atoms with Gasteiger partial charge in [0.05, 0.1) is 78.6 Å². The molecule has 2 unspecified atom stereocenters. The van der Waals surface area contributed by atoms with Gasteiger partial charge in [0, 0.05) is 47.6 Å². The first kappa shape index (κ1) is 41.8. The van der Waals surface area contributed by atoms with Crippen LogP contribution in [0.3, 0.4) is 0 Å². The summed E-state index contributed by atoms with van der Waals surface area (Å²) in [5, 5.41) is 8.40. The maximum Gasteiger partial charge on any atom is 0.237 e. The summed E-state index contributed by atoms with van der Waals surface area (Å²) in [6.45, 7) is 2.01. The second-order valence-electron chi connectivity index (χ2n) is 9.97. The molecule has 0 saturated carbocycles. The van der Waals surface area contributed by atoms with Crippen LogP contribution in [0.15, 0.2) is 24.3 Å². The van der Waals surface area contributed by atoms with Crippen LogP contribution in [-0.2, 0) is 61.0 Å². The Kier molecular flexibility index (Phi) is 23.4. The van der Waals surface area contributed by atoms with Crippen molar-refractivity contribution in [2.45, 2.75) is 12.5 Å². The van der Waals surface area contributed by atoms with E-state index in [1.807, 2.05) is 0 Å². The van der Waals surface area contributed by atoms with Crippen LogP contribution < -0.4 is 20.5 Å². The summed E-state index contributed by atoms with van der Waals surface area (Å²) in [5.74, 6) is -0.761. The van der Waals surface area contributed by atoms with Gasteiger partial charge in [0.1, 0.15) is 5.75 Å². The summed E-state index contributed by atoms with van der Waals surface area (Å²) in [4.78, 5) is 51.0. The summed E-state index contributed by atoms with van der Waals surface area (Å²) in [7, 11) is 4.71. The maximum absolute atomic E-state index is 13.6. The minimum absolute atomic E-state index is 0.164. The van der Waals surface area contributed by atoms with E-state index in [0.717, 1.165) is 5.56 Å². The molecule has 0 saturated heterocycles. The van der Waals surface area contributed by atoms with Gasteiger partial charge in [-0.05, 0) is 35.9 Å². The highest BCUT2D eigenvalue weighted by Gasteiger charge is 2.29. The third-order valence-electron chi connectivity index (χ3n) is 6.04. The number of rotatable bonds is 28. The molecule has 17 heteroatoms. The maximum atomic E-state index is 13.6. The molecule has 1 aromatic rings. The lowest BCUT2D eigenvalue weighted by atomic mass is 10.0. The minimum Gasteiger partial charge on any atom is -0.444 e. The molecule has 0 aliphatic carbocycles. The molecule has 4 N–H and O–H groups in total. The number of nitrogens with zero attached hydrogens (tertiary/aromatic N) is 1. The second kappa shape index (κ2) is 25.8. The summed E-state index contributed by atoms with van der Waals surface area (Å²) in [6.07, 6.45) is 0.164. The topological polar surface area (TPSA) is 175 Å². The number of nitrogens with one attached hydrogen (secondary N) is 3.